The summed E-state index contributed by atoms with van der Waals surface area (Å²) in [4.78, 5) is 30.5. The molecule has 2 N–H and O–H groups in total. The summed E-state index contributed by atoms with van der Waals surface area (Å²) in [6, 6.07) is 15.2. The summed E-state index contributed by atoms with van der Waals surface area (Å²) in [6.07, 6.45) is -4.45. The van der Waals surface area contributed by atoms with Crippen LogP contribution in [0.4, 0.5) is 17.6 Å². The largest absolute Gasteiger partial charge is 0.437 e. The standard InChI is InChI=1S/C31H26F4N4O3/c1-30(16-36,20-8-9-20)39-27(40)19-5-3-4-18(14-19)22-15-23-25(28(41)37-2)26(17-6-10-21(32)11-7-17)42-29(23)38-24(22)12-13-31(33,34)35/h3-7,10-11,14-15,20H,8-9,12-13H2,1-2H3,(H,37,41)(H,39,40). The second-order valence-corrected chi connectivity index (χ2v) is 10.5. The molecule has 7 nitrogen and oxygen atoms in total. The van der Waals surface area contributed by atoms with Crippen LogP contribution in [-0.4, -0.2) is 35.6 Å². The van der Waals surface area contributed by atoms with Crippen LogP contribution >= 0.6 is 0 Å². The number of carbonyl (C=O) groups is 2. The van der Waals surface area contributed by atoms with E-state index in [-0.39, 0.29) is 45.2 Å². The van der Waals surface area contributed by atoms with Gasteiger partial charge in [0.05, 0.1) is 22.7 Å². The van der Waals surface area contributed by atoms with Crippen molar-refractivity contribution in [2.24, 2.45) is 5.92 Å². The molecule has 2 aromatic carbocycles. The fourth-order valence-corrected chi connectivity index (χ4v) is 4.93. The van der Waals surface area contributed by atoms with E-state index < -0.39 is 42.2 Å². The van der Waals surface area contributed by atoms with E-state index in [0.717, 1.165) is 12.8 Å². The Morgan fingerprint density at radius 2 is 1.79 bits per heavy atom. The van der Waals surface area contributed by atoms with E-state index in [1.54, 1.807) is 25.1 Å². The molecule has 5 rings (SSSR count). The number of carbonyl (C=O) groups excluding carboxylic acids is 2. The zero-order valence-electron chi connectivity index (χ0n) is 22.7. The van der Waals surface area contributed by atoms with E-state index in [4.69, 9.17) is 4.42 Å². The molecule has 1 atom stereocenters. The van der Waals surface area contributed by atoms with Gasteiger partial charge in [-0.2, -0.15) is 18.4 Å². The van der Waals surface area contributed by atoms with Crippen LogP contribution in [0.25, 0.3) is 33.6 Å². The number of halogens is 4. The Labute approximate surface area is 238 Å². The number of hydrogen-bond donors (Lipinski definition) is 2. The van der Waals surface area contributed by atoms with Gasteiger partial charge in [0, 0.05) is 30.2 Å². The number of nitrogens with one attached hydrogen (secondary N) is 2. The quantitative estimate of drug-likeness (QED) is 0.230. The zero-order chi connectivity index (χ0) is 30.2. The van der Waals surface area contributed by atoms with E-state index in [9.17, 15) is 32.4 Å². The van der Waals surface area contributed by atoms with Gasteiger partial charge in [0.15, 0.2) is 0 Å². The monoisotopic (exact) mass is 578 g/mol. The number of aryl methyl sites for hydroxylation is 1. The molecule has 1 saturated carbocycles. The van der Waals surface area contributed by atoms with Crippen LogP contribution in [0.1, 0.15) is 52.6 Å². The Balaban J connectivity index is 1.65. The summed E-state index contributed by atoms with van der Waals surface area (Å²) in [6.45, 7) is 1.66. The number of benzene rings is 2. The Morgan fingerprint density at radius 1 is 1.07 bits per heavy atom. The highest BCUT2D eigenvalue weighted by molar-refractivity contribution is 6.11. The fraction of sp³-hybridized carbons (Fsp3) is 0.290. The lowest BCUT2D eigenvalue weighted by Crippen LogP contribution is -2.46. The van der Waals surface area contributed by atoms with Crippen molar-refractivity contribution in [1.29, 1.82) is 5.26 Å². The van der Waals surface area contributed by atoms with Gasteiger partial charge in [0.25, 0.3) is 11.8 Å². The van der Waals surface area contributed by atoms with Gasteiger partial charge >= 0.3 is 6.18 Å². The van der Waals surface area contributed by atoms with E-state index >= 15 is 0 Å². The van der Waals surface area contributed by atoms with Gasteiger partial charge in [-0.05, 0) is 80.1 Å². The number of amides is 2. The molecule has 2 aromatic heterocycles. The molecule has 1 unspecified atom stereocenters. The first-order chi connectivity index (χ1) is 19.9. The van der Waals surface area contributed by atoms with Crippen LogP contribution in [0.15, 0.2) is 59.0 Å². The number of nitriles is 1. The molecule has 2 heterocycles. The molecule has 4 aromatic rings. The van der Waals surface area contributed by atoms with Crippen LogP contribution < -0.4 is 10.6 Å². The summed E-state index contributed by atoms with van der Waals surface area (Å²) >= 11 is 0. The Kier molecular flexibility index (Phi) is 7.49. The molecule has 0 bridgehead atoms. The first-order valence-electron chi connectivity index (χ1n) is 13.3. The highest BCUT2D eigenvalue weighted by atomic mass is 19.4. The Morgan fingerprint density at radius 3 is 2.40 bits per heavy atom. The molecule has 0 saturated heterocycles. The van der Waals surface area contributed by atoms with Gasteiger partial charge in [-0.15, -0.1) is 0 Å². The molecule has 0 radical (unpaired) electrons. The van der Waals surface area contributed by atoms with Gasteiger partial charge in [0.1, 0.15) is 17.1 Å². The molecule has 1 aliphatic carbocycles. The molecule has 1 aliphatic rings. The fourth-order valence-electron chi connectivity index (χ4n) is 4.93. The van der Waals surface area contributed by atoms with Crippen molar-refractivity contribution < 1.29 is 31.6 Å². The van der Waals surface area contributed by atoms with Crippen LogP contribution in [-0.2, 0) is 6.42 Å². The molecule has 2 amide bonds. The predicted octanol–water partition coefficient (Wildman–Crippen LogP) is 6.58. The third kappa shape index (κ3) is 5.84. The number of furan rings is 1. The smallest absolute Gasteiger partial charge is 0.389 e. The lowest BCUT2D eigenvalue weighted by atomic mass is 9.95. The lowest BCUT2D eigenvalue weighted by molar-refractivity contribution is -0.134. The van der Waals surface area contributed by atoms with Crippen molar-refractivity contribution in [1.82, 2.24) is 15.6 Å². The first-order valence-corrected chi connectivity index (χ1v) is 13.3. The van der Waals surface area contributed by atoms with Crippen molar-refractivity contribution in [3.63, 3.8) is 0 Å². The predicted molar refractivity (Wildman–Crippen MR) is 147 cm³/mol. The van der Waals surface area contributed by atoms with E-state index in [1.807, 2.05) is 0 Å². The number of nitrogens with zero attached hydrogens (tertiary/aromatic N) is 2. The van der Waals surface area contributed by atoms with Crippen LogP contribution in [0, 0.1) is 23.1 Å². The lowest BCUT2D eigenvalue weighted by Gasteiger charge is -2.23. The molecule has 0 aliphatic heterocycles. The SMILES string of the molecule is CNC(=O)c1c(-c2ccc(F)cc2)oc2nc(CCC(F)(F)F)c(-c3cccc(C(=O)NC(C)(C#N)C4CC4)c3)cc12. The zero-order valence-corrected chi connectivity index (χ0v) is 22.7. The number of fused-ring (bicyclic) bond motifs is 1. The number of pyridine rings is 1. The number of aromatic nitrogens is 1. The normalized spacial score (nSPS) is 14.7. The van der Waals surface area contributed by atoms with Crippen molar-refractivity contribution in [2.45, 2.75) is 44.3 Å². The van der Waals surface area contributed by atoms with Crippen molar-refractivity contribution >= 4 is 22.9 Å². The number of hydrogen-bond acceptors (Lipinski definition) is 5. The summed E-state index contributed by atoms with van der Waals surface area (Å²) < 4.78 is 59.3. The van der Waals surface area contributed by atoms with Crippen molar-refractivity contribution in [2.75, 3.05) is 7.05 Å². The second kappa shape index (κ2) is 10.9. The Hall–Kier alpha value is -4.72. The Bertz CT molecular complexity index is 1720. The highest BCUT2D eigenvalue weighted by Crippen LogP contribution is 2.40. The van der Waals surface area contributed by atoms with Crippen LogP contribution in [0.5, 0.6) is 0 Å². The van der Waals surface area contributed by atoms with Crippen molar-refractivity contribution in [3.8, 4) is 28.5 Å². The third-order valence-electron chi connectivity index (χ3n) is 7.40. The summed E-state index contributed by atoms with van der Waals surface area (Å²) in [7, 11) is 1.42. The van der Waals surface area contributed by atoms with Gasteiger partial charge in [0.2, 0.25) is 5.71 Å². The van der Waals surface area contributed by atoms with E-state index in [0.29, 0.717) is 11.1 Å². The molecule has 0 spiro atoms. The van der Waals surface area contributed by atoms with Crippen LogP contribution in [0.2, 0.25) is 0 Å². The van der Waals surface area contributed by atoms with Gasteiger partial charge < -0.3 is 15.1 Å². The topological polar surface area (TPSA) is 108 Å². The molecule has 11 heteroatoms. The highest BCUT2D eigenvalue weighted by Gasteiger charge is 2.43. The van der Waals surface area contributed by atoms with Crippen LogP contribution in [0.3, 0.4) is 0 Å². The van der Waals surface area contributed by atoms with Gasteiger partial charge in [-0.1, -0.05) is 12.1 Å². The first kappa shape index (κ1) is 28.8. The minimum atomic E-state index is -4.46. The third-order valence-corrected chi connectivity index (χ3v) is 7.40. The summed E-state index contributed by atoms with van der Waals surface area (Å²) in [5.74, 6) is -1.39. The molecular weight excluding hydrogens is 552 g/mol. The minimum absolute atomic E-state index is 0.0507. The summed E-state index contributed by atoms with van der Waals surface area (Å²) in [5.41, 5.74) is 0.301. The maximum absolute atomic E-state index is 13.6. The molecule has 42 heavy (non-hydrogen) atoms. The minimum Gasteiger partial charge on any atom is -0.437 e. The second-order valence-electron chi connectivity index (χ2n) is 10.5. The summed E-state index contributed by atoms with van der Waals surface area (Å²) in [5, 5.41) is 15.2. The van der Waals surface area contributed by atoms with Gasteiger partial charge in [-0.25, -0.2) is 9.37 Å². The van der Waals surface area contributed by atoms with E-state index in [2.05, 4.69) is 21.7 Å². The average Bonchev–Trinajstić information content (AvgIpc) is 3.77. The molecule has 1 fully saturated rings. The molecular formula is C31H26F4N4O3. The maximum Gasteiger partial charge on any atom is 0.389 e. The molecule has 216 valence electrons. The average molecular weight is 579 g/mol. The number of rotatable bonds is 8. The number of alkyl halides is 3. The van der Waals surface area contributed by atoms with Gasteiger partial charge in [-0.3, -0.25) is 9.59 Å². The maximum atomic E-state index is 13.6. The van der Waals surface area contributed by atoms with E-state index in [1.165, 1.54) is 43.4 Å². The van der Waals surface area contributed by atoms with Crippen molar-refractivity contribution in [3.05, 3.63) is 77.2 Å².